The van der Waals surface area contributed by atoms with E-state index in [9.17, 15) is 27.6 Å². The molecule has 0 fully saturated rings. The maximum Gasteiger partial charge on any atom is 0.418 e. The highest BCUT2D eigenvalue weighted by molar-refractivity contribution is 7.12. The molecule has 3 amide bonds. The Hall–Kier alpha value is -2.88. The molecule has 0 bridgehead atoms. The Morgan fingerprint density at radius 2 is 1.70 bits per heavy atom. The second kappa shape index (κ2) is 9.29. The van der Waals surface area contributed by atoms with Gasteiger partial charge in [0.2, 0.25) is 11.8 Å². The van der Waals surface area contributed by atoms with Crippen molar-refractivity contribution in [3.63, 3.8) is 0 Å². The summed E-state index contributed by atoms with van der Waals surface area (Å²) in [4.78, 5) is 38.3. The molecule has 0 radical (unpaired) electrons. The maximum atomic E-state index is 13.5. The first kappa shape index (κ1) is 23.4. The smallest absolute Gasteiger partial charge is 0.350 e. The van der Waals surface area contributed by atoms with Crippen molar-refractivity contribution < 1.29 is 27.6 Å². The molecule has 0 unspecified atom stereocenters. The van der Waals surface area contributed by atoms with Gasteiger partial charge < -0.3 is 15.5 Å². The molecule has 0 aliphatic rings. The van der Waals surface area contributed by atoms with E-state index in [2.05, 4.69) is 10.6 Å². The van der Waals surface area contributed by atoms with Gasteiger partial charge in [0.1, 0.15) is 6.54 Å². The van der Waals surface area contributed by atoms with Crippen molar-refractivity contribution in [3.8, 4) is 0 Å². The minimum Gasteiger partial charge on any atom is -0.350 e. The average molecular weight is 441 g/mol. The molecule has 0 aliphatic heterocycles. The number of carbonyl (C=O) groups excluding carboxylic acids is 3. The molecule has 0 aliphatic carbocycles. The molecule has 30 heavy (non-hydrogen) atoms. The Labute approximate surface area is 176 Å². The van der Waals surface area contributed by atoms with Crippen LogP contribution in [0, 0.1) is 0 Å². The van der Waals surface area contributed by atoms with Gasteiger partial charge >= 0.3 is 6.18 Å². The van der Waals surface area contributed by atoms with Gasteiger partial charge in [0.05, 0.1) is 22.7 Å². The van der Waals surface area contributed by atoms with Gasteiger partial charge in [-0.05, 0) is 44.4 Å². The van der Waals surface area contributed by atoms with Gasteiger partial charge in [-0.3, -0.25) is 14.4 Å². The van der Waals surface area contributed by atoms with Crippen LogP contribution in [0.5, 0.6) is 0 Å². The van der Waals surface area contributed by atoms with E-state index in [1.807, 2.05) is 0 Å². The molecule has 1 aromatic carbocycles. The number of para-hydroxylation sites is 1. The second-order valence-corrected chi connectivity index (χ2v) is 8.40. The number of nitrogens with one attached hydrogen (secondary N) is 2. The topological polar surface area (TPSA) is 78.5 Å². The lowest BCUT2D eigenvalue weighted by Gasteiger charge is -2.28. The number of amides is 3. The lowest BCUT2D eigenvalue weighted by molar-refractivity contribution is -0.137. The summed E-state index contributed by atoms with van der Waals surface area (Å²) in [5, 5.41) is 6.68. The third-order valence-corrected chi connectivity index (χ3v) is 4.63. The van der Waals surface area contributed by atoms with Crippen molar-refractivity contribution in [1.82, 2.24) is 10.6 Å². The fourth-order valence-corrected chi connectivity index (χ4v) is 3.24. The summed E-state index contributed by atoms with van der Waals surface area (Å²) in [6.45, 7) is 3.94. The number of hydrogen-bond donors (Lipinski definition) is 2. The van der Waals surface area contributed by atoms with E-state index in [1.165, 1.54) is 12.1 Å². The molecule has 6 nitrogen and oxygen atoms in total. The SMILES string of the molecule is CC(C)(C)NC(=O)CN(C(=O)CNC(=O)c1cccs1)c1ccccc1C(F)(F)F. The molecule has 1 heterocycles. The van der Waals surface area contributed by atoms with Gasteiger partial charge in [-0.25, -0.2) is 0 Å². The third-order valence-electron chi connectivity index (χ3n) is 3.76. The molecular formula is C20H22F3N3O3S. The summed E-state index contributed by atoms with van der Waals surface area (Å²) < 4.78 is 40.4. The molecule has 10 heteroatoms. The fraction of sp³-hybridized carbons (Fsp3) is 0.350. The summed E-state index contributed by atoms with van der Waals surface area (Å²) in [7, 11) is 0. The molecule has 162 valence electrons. The Balaban J connectivity index is 2.28. The van der Waals surface area contributed by atoms with Crippen LogP contribution in [0.15, 0.2) is 41.8 Å². The molecule has 2 N–H and O–H groups in total. The molecule has 0 spiro atoms. The Morgan fingerprint density at radius 3 is 2.27 bits per heavy atom. The molecule has 0 saturated heterocycles. The van der Waals surface area contributed by atoms with Crippen LogP contribution in [0.4, 0.5) is 18.9 Å². The van der Waals surface area contributed by atoms with Crippen molar-refractivity contribution in [2.75, 3.05) is 18.0 Å². The highest BCUT2D eigenvalue weighted by Crippen LogP contribution is 2.36. The zero-order chi connectivity index (χ0) is 22.5. The molecule has 2 rings (SSSR count). The summed E-state index contributed by atoms with van der Waals surface area (Å²) >= 11 is 1.16. The molecule has 1 aromatic heterocycles. The Morgan fingerprint density at radius 1 is 1.03 bits per heavy atom. The molecule has 0 saturated carbocycles. The van der Waals surface area contributed by atoms with Crippen molar-refractivity contribution in [3.05, 3.63) is 52.2 Å². The zero-order valence-electron chi connectivity index (χ0n) is 16.7. The second-order valence-electron chi connectivity index (χ2n) is 7.45. The molecule has 0 atom stereocenters. The van der Waals surface area contributed by atoms with Gasteiger partial charge in [-0.15, -0.1) is 11.3 Å². The summed E-state index contributed by atoms with van der Waals surface area (Å²) in [6.07, 6.45) is -4.73. The van der Waals surface area contributed by atoms with Crippen LogP contribution in [-0.4, -0.2) is 36.3 Å². The van der Waals surface area contributed by atoms with Gasteiger partial charge in [0.15, 0.2) is 0 Å². The predicted octanol–water partition coefficient (Wildman–Crippen LogP) is 3.44. The van der Waals surface area contributed by atoms with Crippen molar-refractivity contribution >= 4 is 34.7 Å². The van der Waals surface area contributed by atoms with Crippen LogP contribution in [0.25, 0.3) is 0 Å². The summed E-state index contributed by atoms with van der Waals surface area (Å²) in [6, 6.07) is 7.70. The predicted molar refractivity (Wildman–Crippen MR) is 108 cm³/mol. The minimum atomic E-state index is -4.73. The van der Waals surface area contributed by atoms with Gasteiger partial charge in [0, 0.05) is 5.54 Å². The number of thiophene rings is 1. The average Bonchev–Trinajstić information content (AvgIpc) is 3.16. The van der Waals surface area contributed by atoms with Gasteiger partial charge in [-0.2, -0.15) is 13.2 Å². The lowest BCUT2D eigenvalue weighted by Crippen LogP contribution is -2.49. The Bertz CT molecular complexity index is 906. The van der Waals surface area contributed by atoms with Crippen LogP contribution in [-0.2, 0) is 15.8 Å². The first-order valence-corrected chi connectivity index (χ1v) is 9.86. The molecule has 2 aromatic rings. The largest absolute Gasteiger partial charge is 0.418 e. The van der Waals surface area contributed by atoms with Crippen molar-refractivity contribution in [2.45, 2.75) is 32.5 Å². The van der Waals surface area contributed by atoms with Crippen LogP contribution >= 0.6 is 11.3 Å². The number of alkyl halides is 3. The molecular weight excluding hydrogens is 419 g/mol. The van der Waals surface area contributed by atoms with E-state index >= 15 is 0 Å². The van der Waals surface area contributed by atoms with Crippen LogP contribution in [0.3, 0.4) is 0 Å². The monoisotopic (exact) mass is 441 g/mol. The first-order chi connectivity index (χ1) is 13.9. The summed E-state index contributed by atoms with van der Waals surface area (Å²) in [5.41, 5.74) is -2.14. The van der Waals surface area contributed by atoms with Gasteiger partial charge in [-0.1, -0.05) is 18.2 Å². The summed E-state index contributed by atoms with van der Waals surface area (Å²) in [5.74, 6) is -2.00. The number of anilines is 1. The first-order valence-electron chi connectivity index (χ1n) is 8.98. The van der Waals surface area contributed by atoms with E-state index in [4.69, 9.17) is 0 Å². The highest BCUT2D eigenvalue weighted by Gasteiger charge is 2.36. The number of carbonyl (C=O) groups is 3. The number of halogens is 3. The van der Waals surface area contributed by atoms with E-state index in [0.29, 0.717) is 4.88 Å². The Kier molecular flexibility index (Phi) is 7.25. The quantitative estimate of drug-likeness (QED) is 0.721. The van der Waals surface area contributed by atoms with Crippen molar-refractivity contribution in [2.24, 2.45) is 0 Å². The van der Waals surface area contributed by atoms with Gasteiger partial charge in [0.25, 0.3) is 5.91 Å². The van der Waals surface area contributed by atoms with E-state index < -0.39 is 53.8 Å². The number of benzene rings is 1. The highest BCUT2D eigenvalue weighted by atomic mass is 32.1. The lowest BCUT2D eigenvalue weighted by atomic mass is 10.1. The van der Waals surface area contributed by atoms with Crippen molar-refractivity contribution in [1.29, 1.82) is 0 Å². The standard InChI is InChI=1S/C20H22F3N3O3S/c1-19(2,3)25-16(27)12-26(14-8-5-4-7-13(14)20(21,22)23)17(28)11-24-18(29)15-9-6-10-30-15/h4-10H,11-12H2,1-3H3,(H,24,29)(H,25,27). The van der Waals surface area contributed by atoms with E-state index in [1.54, 1.807) is 38.3 Å². The number of nitrogens with zero attached hydrogens (tertiary/aromatic N) is 1. The van der Waals surface area contributed by atoms with Crippen LogP contribution in [0.2, 0.25) is 0 Å². The number of rotatable bonds is 6. The van der Waals surface area contributed by atoms with E-state index in [0.717, 1.165) is 28.4 Å². The van der Waals surface area contributed by atoms with E-state index in [-0.39, 0.29) is 0 Å². The fourth-order valence-electron chi connectivity index (χ4n) is 2.60. The maximum absolute atomic E-state index is 13.5. The van der Waals surface area contributed by atoms with Crippen LogP contribution in [0.1, 0.15) is 36.0 Å². The number of hydrogen-bond acceptors (Lipinski definition) is 4. The zero-order valence-corrected chi connectivity index (χ0v) is 17.5. The van der Waals surface area contributed by atoms with Crippen LogP contribution < -0.4 is 15.5 Å². The third kappa shape index (κ3) is 6.58. The normalized spacial score (nSPS) is 11.7. The minimum absolute atomic E-state index is 0.357.